The number of hydrogen-bond acceptors (Lipinski definition) is 3. The van der Waals surface area contributed by atoms with Gasteiger partial charge in [-0.25, -0.2) is 0 Å². The molecule has 4 heteroatoms. The van der Waals surface area contributed by atoms with Gasteiger partial charge in [-0.2, -0.15) is 0 Å². The van der Waals surface area contributed by atoms with Crippen LogP contribution in [0.3, 0.4) is 0 Å². The summed E-state index contributed by atoms with van der Waals surface area (Å²) in [7, 11) is 0. The monoisotopic (exact) mass is 296 g/mol. The van der Waals surface area contributed by atoms with Crippen molar-refractivity contribution < 1.29 is 9.90 Å². The number of likely N-dealkylation sites (tertiary alicyclic amines) is 1. The number of carbonyl (C=O) groups is 1. The smallest absolute Gasteiger partial charge is 0.222 e. The number of hydrogen-bond donors (Lipinski definition) is 2. The fourth-order valence-electron chi connectivity index (χ4n) is 4.38. The van der Waals surface area contributed by atoms with Crippen molar-refractivity contribution in [1.82, 2.24) is 10.2 Å². The van der Waals surface area contributed by atoms with E-state index in [4.69, 9.17) is 0 Å². The Morgan fingerprint density at radius 2 is 1.76 bits per heavy atom. The Hall–Kier alpha value is -0.610. The van der Waals surface area contributed by atoms with Crippen LogP contribution in [-0.4, -0.2) is 46.2 Å². The molecule has 2 heterocycles. The molecule has 0 saturated carbocycles. The maximum atomic E-state index is 12.6. The molecular formula is C17H32N2O2. The number of aliphatic hydroxyl groups excluding tert-OH is 1. The second-order valence-electron chi connectivity index (χ2n) is 8.34. The second kappa shape index (κ2) is 6.25. The number of nitrogens with zero attached hydrogens (tertiary/aromatic N) is 1. The van der Waals surface area contributed by atoms with Crippen molar-refractivity contribution in [2.24, 2.45) is 5.92 Å². The van der Waals surface area contributed by atoms with E-state index < -0.39 is 0 Å². The van der Waals surface area contributed by atoms with Gasteiger partial charge in [-0.3, -0.25) is 4.79 Å². The van der Waals surface area contributed by atoms with E-state index in [0.29, 0.717) is 12.3 Å². The molecule has 122 valence electrons. The largest absolute Gasteiger partial charge is 0.393 e. The summed E-state index contributed by atoms with van der Waals surface area (Å²) in [5.41, 5.74) is 0.198. The van der Waals surface area contributed by atoms with Crippen molar-refractivity contribution in [2.75, 3.05) is 13.1 Å². The van der Waals surface area contributed by atoms with E-state index in [9.17, 15) is 9.90 Å². The summed E-state index contributed by atoms with van der Waals surface area (Å²) in [4.78, 5) is 14.5. The maximum Gasteiger partial charge on any atom is 0.222 e. The average Bonchev–Trinajstić information content (AvgIpc) is 2.49. The lowest BCUT2D eigenvalue weighted by atomic mass is 9.74. The van der Waals surface area contributed by atoms with Crippen LogP contribution in [0.1, 0.15) is 66.2 Å². The Bertz CT molecular complexity index is 363. The van der Waals surface area contributed by atoms with Crippen LogP contribution < -0.4 is 5.32 Å². The van der Waals surface area contributed by atoms with E-state index in [0.717, 1.165) is 45.2 Å². The highest BCUT2D eigenvalue weighted by Crippen LogP contribution is 2.35. The number of aliphatic hydroxyl groups is 1. The Labute approximate surface area is 129 Å². The van der Waals surface area contributed by atoms with Crippen molar-refractivity contribution >= 4 is 5.91 Å². The number of amides is 1. The molecule has 0 aromatic carbocycles. The Balaban J connectivity index is 1.92. The van der Waals surface area contributed by atoms with Gasteiger partial charge in [0.1, 0.15) is 0 Å². The van der Waals surface area contributed by atoms with Gasteiger partial charge in [0, 0.05) is 30.6 Å². The normalized spacial score (nSPS) is 30.0. The second-order valence-corrected chi connectivity index (χ2v) is 8.34. The van der Waals surface area contributed by atoms with Gasteiger partial charge in [0.25, 0.3) is 0 Å². The van der Waals surface area contributed by atoms with Gasteiger partial charge >= 0.3 is 0 Å². The zero-order valence-electron chi connectivity index (χ0n) is 14.1. The molecular weight excluding hydrogens is 264 g/mol. The molecule has 0 spiro atoms. The minimum absolute atomic E-state index is 0.0989. The molecule has 2 fully saturated rings. The first-order valence-corrected chi connectivity index (χ1v) is 8.42. The van der Waals surface area contributed by atoms with Crippen molar-refractivity contribution in [3.05, 3.63) is 0 Å². The van der Waals surface area contributed by atoms with Crippen molar-refractivity contribution in [3.8, 4) is 0 Å². The van der Waals surface area contributed by atoms with E-state index in [1.165, 1.54) is 0 Å². The zero-order valence-corrected chi connectivity index (χ0v) is 14.1. The predicted molar refractivity (Wildman–Crippen MR) is 85.1 cm³/mol. The third-order valence-electron chi connectivity index (χ3n) is 4.79. The highest BCUT2D eigenvalue weighted by atomic mass is 16.3. The topological polar surface area (TPSA) is 52.6 Å². The first kappa shape index (κ1) is 16.8. The van der Waals surface area contributed by atoms with Crippen LogP contribution in [0.5, 0.6) is 0 Å². The molecule has 0 bridgehead atoms. The molecule has 0 aliphatic carbocycles. The average molecular weight is 296 g/mol. The van der Waals surface area contributed by atoms with E-state index >= 15 is 0 Å². The molecule has 0 aromatic heterocycles. The summed E-state index contributed by atoms with van der Waals surface area (Å²) >= 11 is 0. The molecule has 2 aliphatic rings. The summed E-state index contributed by atoms with van der Waals surface area (Å²) in [5.74, 6) is 0.736. The Kier molecular flexibility index (Phi) is 4.99. The molecule has 2 saturated heterocycles. The quantitative estimate of drug-likeness (QED) is 0.822. The van der Waals surface area contributed by atoms with Crippen LogP contribution >= 0.6 is 0 Å². The van der Waals surface area contributed by atoms with Gasteiger partial charge in [-0.15, -0.1) is 0 Å². The van der Waals surface area contributed by atoms with Gasteiger partial charge in [0.05, 0.1) is 6.10 Å². The Morgan fingerprint density at radius 1 is 1.14 bits per heavy atom. The number of carbonyl (C=O) groups excluding carboxylic acids is 1. The minimum Gasteiger partial charge on any atom is -0.393 e. The molecule has 2 N–H and O–H groups in total. The number of rotatable bonds is 2. The molecule has 21 heavy (non-hydrogen) atoms. The first-order chi connectivity index (χ1) is 9.67. The van der Waals surface area contributed by atoms with Gasteiger partial charge < -0.3 is 15.3 Å². The molecule has 1 atom stereocenters. The SMILES string of the molecule is CC1(C)CC(CC(=O)N2CCCC(O)CC2)CC(C)(C)N1. The van der Waals surface area contributed by atoms with Crippen LogP contribution in [0.4, 0.5) is 0 Å². The van der Waals surface area contributed by atoms with Gasteiger partial charge in [-0.1, -0.05) is 0 Å². The van der Waals surface area contributed by atoms with Gasteiger partial charge in [0.2, 0.25) is 5.91 Å². The van der Waals surface area contributed by atoms with Crippen molar-refractivity contribution in [3.63, 3.8) is 0 Å². The number of piperidine rings is 1. The molecule has 2 aliphatic heterocycles. The predicted octanol–water partition coefficient (Wildman–Crippen LogP) is 2.31. The highest BCUT2D eigenvalue weighted by molar-refractivity contribution is 5.76. The van der Waals surface area contributed by atoms with Crippen LogP contribution in [0, 0.1) is 5.92 Å². The fraction of sp³-hybridized carbons (Fsp3) is 0.941. The third-order valence-corrected chi connectivity index (χ3v) is 4.79. The number of nitrogens with one attached hydrogen (secondary N) is 1. The lowest BCUT2D eigenvalue weighted by Crippen LogP contribution is -2.58. The summed E-state index contributed by atoms with van der Waals surface area (Å²) in [6.07, 6.45) is 5.03. The highest BCUT2D eigenvalue weighted by Gasteiger charge is 2.38. The van der Waals surface area contributed by atoms with Crippen molar-refractivity contribution in [1.29, 1.82) is 0 Å². The fourth-order valence-corrected chi connectivity index (χ4v) is 4.38. The third kappa shape index (κ3) is 4.96. The van der Waals surface area contributed by atoms with Crippen LogP contribution in [0.15, 0.2) is 0 Å². The van der Waals surface area contributed by atoms with Crippen molar-refractivity contribution in [2.45, 2.75) is 83.4 Å². The standard InChI is InChI=1S/C17H32N2O2/c1-16(2)11-13(12-17(3,4)18-16)10-15(21)19-8-5-6-14(20)7-9-19/h13-14,18,20H,5-12H2,1-4H3. The first-order valence-electron chi connectivity index (χ1n) is 8.42. The van der Waals surface area contributed by atoms with Crippen LogP contribution in [0.25, 0.3) is 0 Å². The molecule has 4 nitrogen and oxygen atoms in total. The van der Waals surface area contributed by atoms with E-state index in [2.05, 4.69) is 33.0 Å². The van der Waals surface area contributed by atoms with Crippen LogP contribution in [-0.2, 0) is 4.79 Å². The van der Waals surface area contributed by atoms with E-state index in [-0.39, 0.29) is 23.1 Å². The van der Waals surface area contributed by atoms with Gasteiger partial charge in [0.15, 0.2) is 0 Å². The van der Waals surface area contributed by atoms with E-state index in [1.807, 2.05) is 4.90 Å². The van der Waals surface area contributed by atoms with Crippen LogP contribution in [0.2, 0.25) is 0 Å². The molecule has 0 radical (unpaired) electrons. The molecule has 1 amide bonds. The summed E-state index contributed by atoms with van der Waals surface area (Å²) in [6.45, 7) is 10.5. The maximum absolute atomic E-state index is 12.6. The Morgan fingerprint density at radius 3 is 2.38 bits per heavy atom. The lowest BCUT2D eigenvalue weighted by molar-refractivity contribution is -0.132. The molecule has 0 aromatic rings. The summed E-state index contributed by atoms with van der Waals surface area (Å²) < 4.78 is 0. The molecule has 1 unspecified atom stereocenters. The zero-order chi connectivity index (χ0) is 15.7. The van der Waals surface area contributed by atoms with Gasteiger partial charge in [-0.05, 0) is 65.7 Å². The molecule has 2 rings (SSSR count). The lowest BCUT2D eigenvalue weighted by Gasteiger charge is -2.46. The van der Waals surface area contributed by atoms with E-state index in [1.54, 1.807) is 0 Å². The minimum atomic E-state index is -0.223. The summed E-state index contributed by atoms with van der Waals surface area (Å²) in [6, 6.07) is 0. The summed E-state index contributed by atoms with van der Waals surface area (Å²) in [5, 5.41) is 13.4.